The van der Waals surface area contributed by atoms with E-state index in [9.17, 15) is 18.0 Å². The number of hydrogen-bond acceptors (Lipinski definition) is 5. The van der Waals surface area contributed by atoms with Gasteiger partial charge < -0.3 is 10.2 Å². The average molecular weight is 478 g/mol. The molecule has 0 saturated carbocycles. The highest BCUT2D eigenvalue weighted by molar-refractivity contribution is 7.89. The second-order valence-corrected chi connectivity index (χ2v) is 11.6. The number of thiophene rings is 1. The number of hydrogen-bond donors (Lipinski definition) is 1. The Morgan fingerprint density at radius 2 is 1.91 bits per heavy atom. The Labute approximate surface area is 194 Å². The maximum absolute atomic E-state index is 13.3. The van der Waals surface area contributed by atoms with Gasteiger partial charge in [-0.05, 0) is 49.3 Å². The third-order valence-electron chi connectivity index (χ3n) is 5.73. The lowest BCUT2D eigenvalue weighted by Gasteiger charge is -2.46. The van der Waals surface area contributed by atoms with Gasteiger partial charge in [0.1, 0.15) is 5.54 Å². The van der Waals surface area contributed by atoms with Gasteiger partial charge in [0.2, 0.25) is 21.8 Å². The van der Waals surface area contributed by atoms with Crippen molar-refractivity contribution < 1.29 is 18.0 Å². The number of rotatable bonds is 9. The van der Waals surface area contributed by atoms with Crippen molar-refractivity contribution in [2.75, 3.05) is 26.2 Å². The first-order valence-electron chi connectivity index (χ1n) is 10.8. The van der Waals surface area contributed by atoms with E-state index in [1.165, 1.54) is 12.1 Å². The number of nitrogens with one attached hydrogen (secondary N) is 1. The molecule has 0 aliphatic carbocycles. The second-order valence-electron chi connectivity index (χ2n) is 8.67. The Balaban J connectivity index is 1.87. The van der Waals surface area contributed by atoms with Crippen LogP contribution in [0.5, 0.6) is 0 Å². The molecule has 1 saturated heterocycles. The molecule has 0 bridgehead atoms. The van der Waals surface area contributed by atoms with Gasteiger partial charge in [-0.2, -0.15) is 4.31 Å². The van der Waals surface area contributed by atoms with Crippen LogP contribution in [-0.2, 0) is 26.0 Å². The van der Waals surface area contributed by atoms with Crippen LogP contribution in [-0.4, -0.2) is 61.2 Å². The van der Waals surface area contributed by atoms with E-state index < -0.39 is 15.6 Å². The van der Waals surface area contributed by atoms with Gasteiger partial charge in [0, 0.05) is 24.5 Å². The molecule has 32 heavy (non-hydrogen) atoms. The molecule has 1 atom stereocenters. The summed E-state index contributed by atoms with van der Waals surface area (Å²) >= 11 is 1.60. The standard InChI is InChI=1S/C23H31N3O4S2/c1-18(2)11-13-24-22(28)23(3)17-25(32(29,30)20-9-5-4-6-10-20)16-21(27)26(23)14-12-19-8-7-15-31-19/h4-10,15,18H,11-14,16-17H2,1-3H3,(H,24,28)/t23-/m1/s1. The fourth-order valence-corrected chi connectivity index (χ4v) is 6.01. The van der Waals surface area contributed by atoms with Crippen molar-refractivity contribution in [1.29, 1.82) is 0 Å². The smallest absolute Gasteiger partial charge is 0.247 e. The van der Waals surface area contributed by atoms with Crippen molar-refractivity contribution in [2.24, 2.45) is 5.92 Å². The van der Waals surface area contributed by atoms with Crippen LogP contribution >= 0.6 is 11.3 Å². The van der Waals surface area contributed by atoms with Crippen LogP contribution in [0.25, 0.3) is 0 Å². The van der Waals surface area contributed by atoms with Gasteiger partial charge in [0.05, 0.1) is 11.4 Å². The van der Waals surface area contributed by atoms with Gasteiger partial charge in [-0.15, -0.1) is 11.3 Å². The van der Waals surface area contributed by atoms with Gasteiger partial charge in [-0.1, -0.05) is 38.1 Å². The molecule has 2 aromatic rings. The molecular weight excluding hydrogens is 446 g/mol. The summed E-state index contributed by atoms with van der Waals surface area (Å²) in [5, 5.41) is 4.90. The van der Waals surface area contributed by atoms with E-state index in [4.69, 9.17) is 0 Å². The Morgan fingerprint density at radius 3 is 2.53 bits per heavy atom. The summed E-state index contributed by atoms with van der Waals surface area (Å²) in [6.45, 7) is 6.26. The Kier molecular flexibility index (Phi) is 7.74. The molecule has 1 fully saturated rings. The molecule has 3 rings (SSSR count). The lowest BCUT2D eigenvalue weighted by Crippen LogP contribution is -2.70. The summed E-state index contributed by atoms with van der Waals surface area (Å²) in [5.41, 5.74) is -1.30. The highest BCUT2D eigenvalue weighted by Gasteiger charge is 2.50. The van der Waals surface area contributed by atoms with Crippen LogP contribution < -0.4 is 5.32 Å². The molecule has 7 nitrogen and oxygen atoms in total. The third-order valence-corrected chi connectivity index (χ3v) is 8.47. The molecule has 2 amide bonds. The summed E-state index contributed by atoms with van der Waals surface area (Å²) in [6.07, 6.45) is 1.42. The first kappa shape index (κ1) is 24.4. The van der Waals surface area contributed by atoms with E-state index >= 15 is 0 Å². The minimum atomic E-state index is -3.91. The minimum absolute atomic E-state index is 0.0894. The topological polar surface area (TPSA) is 86.8 Å². The van der Waals surface area contributed by atoms with E-state index in [1.54, 1.807) is 41.4 Å². The Morgan fingerprint density at radius 1 is 1.19 bits per heavy atom. The van der Waals surface area contributed by atoms with E-state index in [-0.39, 0.29) is 29.8 Å². The predicted molar refractivity (Wildman–Crippen MR) is 126 cm³/mol. The highest BCUT2D eigenvalue weighted by Crippen LogP contribution is 2.28. The molecule has 1 N–H and O–H groups in total. The normalized spacial score (nSPS) is 20.0. The molecule has 1 aromatic heterocycles. The summed E-state index contributed by atoms with van der Waals surface area (Å²) in [6, 6.07) is 12.0. The zero-order chi connectivity index (χ0) is 23.4. The number of piperazine rings is 1. The maximum Gasteiger partial charge on any atom is 0.247 e. The van der Waals surface area contributed by atoms with Gasteiger partial charge >= 0.3 is 0 Å². The molecular formula is C23H31N3O4S2. The van der Waals surface area contributed by atoms with E-state index in [2.05, 4.69) is 19.2 Å². The van der Waals surface area contributed by atoms with Gasteiger partial charge in [-0.3, -0.25) is 9.59 Å². The monoisotopic (exact) mass is 477 g/mol. The number of sulfonamides is 1. The SMILES string of the molecule is CC(C)CCNC(=O)[C@@]1(C)CN(S(=O)(=O)c2ccccc2)CC(=O)N1CCc1cccs1. The summed E-state index contributed by atoms with van der Waals surface area (Å²) in [4.78, 5) is 29.3. The zero-order valence-corrected chi connectivity index (χ0v) is 20.4. The number of carbonyl (C=O) groups excluding carboxylic acids is 2. The summed E-state index contributed by atoms with van der Waals surface area (Å²) < 4.78 is 27.6. The third kappa shape index (κ3) is 5.39. The highest BCUT2D eigenvalue weighted by atomic mass is 32.2. The quantitative estimate of drug-likeness (QED) is 0.602. The maximum atomic E-state index is 13.3. The van der Waals surface area contributed by atoms with Crippen LogP contribution in [0.4, 0.5) is 0 Å². The van der Waals surface area contributed by atoms with E-state index in [0.29, 0.717) is 25.4 Å². The predicted octanol–water partition coefficient (Wildman–Crippen LogP) is 2.74. The lowest BCUT2D eigenvalue weighted by atomic mass is 9.95. The second kappa shape index (κ2) is 10.1. The van der Waals surface area contributed by atoms with Crippen molar-refractivity contribution >= 4 is 33.2 Å². The van der Waals surface area contributed by atoms with Gasteiger partial charge in [0.15, 0.2) is 0 Å². The molecule has 1 aromatic carbocycles. The molecule has 0 spiro atoms. The molecule has 0 radical (unpaired) electrons. The van der Waals surface area contributed by atoms with Crippen LogP contribution in [0, 0.1) is 5.92 Å². The molecule has 1 aliphatic rings. The van der Waals surface area contributed by atoms with Crippen LogP contribution in [0.2, 0.25) is 0 Å². The zero-order valence-electron chi connectivity index (χ0n) is 18.8. The van der Waals surface area contributed by atoms with Crippen LogP contribution in [0.3, 0.4) is 0 Å². The summed E-state index contributed by atoms with van der Waals surface area (Å²) in [5.74, 6) is -0.277. The number of amides is 2. The minimum Gasteiger partial charge on any atom is -0.354 e. The molecule has 0 unspecified atom stereocenters. The van der Waals surface area contributed by atoms with Gasteiger partial charge in [0.25, 0.3) is 0 Å². The van der Waals surface area contributed by atoms with Crippen molar-refractivity contribution in [3.63, 3.8) is 0 Å². The first-order valence-corrected chi connectivity index (χ1v) is 13.1. The van der Waals surface area contributed by atoms with Gasteiger partial charge in [-0.25, -0.2) is 8.42 Å². The van der Waals surface area contributed by atoms with Crippen molar-refractivity contribution in [2.45, 2.75) is 44.0 Å². The fraction of sp³-hybridized carbons (Fsp3) is 0.478. The van der Waals surface area contributed by atoms with Crippen molar-refractivity contribution in [3.8, 4) is 0 Å². The molecule has 2 heterocycles. The van der Waals surface area contributed by atoms with Crippen molar-refractivity contribution in [1.82, 2.24) is 14.5 Å². The fourth-order valence-electron chi connectivity index (χ4n) is 3.82. The molecule has 1 aliphatic heterocycles. The average Bonchev–Trinajstić information content (AvgIpc) is 3.27. The van der Waals surface area contributed by atoms with E-state index in [0.717, 1.165) is 15.6 Å². The lowest BCUT2D eigenvalue weighted by molar-refractivity contribution is -0.152. The van der Waals surface area contributed by atoms with Crippen molar-refractivity contribution in [3.05, 3.63) is 52.7 Å². The first-order chi connectivity index (χ1) is 15.1. The number of benzene rings is 1. The summed E-state index contributed by atoms with van der Waals surface area (Å²) in [7, 11) is -3.91. The number of nitrogens with zero attached hydrogens (tertiary/aromatic N) is 2. The molecule has 9 heteroatoms. The molecule has 174 valence electrons. The Bertz CT molecular complexity index is 1020. The van der Waals surface area contributed by atoms with Crippen LogP contribution in [0.1, 0.15) is 32.1 Å². The Hall–Kier alpha value is -2.23. The largest absolute Gasteiger partial charge is 0.354 e. The van der Waals surface area contributed by atoms with E-state index in [1.807, 2.05) is 17.5 Å². The number of carbonyl (C=O) groups is 2. The van der Waals surface area contributed by atoms with Crippen LogP contribution in [0.15, 0.2) is 52.7 Å².